The molecule has 8 heteroatoms. The van der Waals surface area contributed by atoms with Gasteiger partial charge in [0.05, 0.1) is 17.2 Å². The molecule has 0 amide bonds. The minimum absolute atomic E-state index is 0.0110. The van der Waals surface area contributed by atoms with Crippen LogP contribution in [0.3, 0.4) is 0 Å². The van der Waals surface area contributed by atoms with Crippen molar-refractivity contribution in [2.45, 2.75) is 26.3 Å². The number of nitrogens with zero attached hydrogens (tertiary/aromatic N) is 4. The Morgan fingerprint density at radius 2 is 2.24 bits per heavy atom. The number of benzene rings is 1. The lowest BCUT2D eigenvalue weighted by molar-refractivity contribution is -0.384. The Balaban J connectivity index is 2.33. The molecule has 0 aliphatic heterocycles. The largest absolute Gasteiger partial charge is 0.476 e. The number of aromatic carboxylic acids is 1. The van der Waals surface area contributed by atoms with Gasteiger partial charge in [-0.2, -0.15) is 0 Å². The Labute approximate surface area is 120 Å². The molecular formula is C13H14N4O4. The normalized spacial score (nSPS) is 10.5. The highest BCUT2D eigenvalue weighted by molar-refractivity contribution is 5.86. The second kappa shape index (κ2) is 6.12. The van der Waals surface area contributed by atoms with Crippen LogP contribution < -0.4 is 0 Å². The molecule has 0 aliphatic carbocycles. The van der Waals surface area contributed by atoms with Crippen LogP contribution in [0.5, 0.6) is 0 Å². The molecule has 110 valence electrons. The van der Waals surface area contributed by atoms with Gasteiger partial charge in [-0.1, -0.05) is 30.7 Å². The Kier molecular flexibility index (Phi) is 4.27. The number of non-ortho nitro benzene ring substituents is 1. The van der Waals surface area contributed by atoms with Gasteiger partial charge in [-0.3, -0.25) is 10.1 Å². The van der Waals surface area contributed by atoms with Crippen molar-refractivity contribution in [1.82, 2.24) is 15.0 Å². The lowest BCUT2D eigenvalue weighted by Gasteiger charge is -2.06. The number of nitro groups is 1. The summed E-state index contributed by atoms with van der Waals surface area (Å²) >= 11 is 0. The van der Waals surface area contributed by atoms with E-state index in [0.29, 0.717) is 17.7 Å². The molecule has 1 aromatic carbocycles. The van der Waals surface area contributed by atoms with E-state index in [1.807, 2.05) is 6.92 Å². The summed E-state index contributed by atoms with van der Waals surface area (Å²) in [4.78, 5) is 21.4. The number of carboxylic acids is 1. The van der Waals surface area contributed by atoms with Crippen molar-refractivity contribution in [1.29, 1.82) is 0 Å². The molecule has 2 aromatic rings. The molecular weight excluding hydrogens is 276 g/mol. The Morgan fingerprint density at radius 1 is 1.48 bits per heavy atom. The molecule has 0 aliphatic rings. The maximum Gasteiger partial charge on any atom is 0.358 e. The molecule has 0 unspecified atom stereocenters. The summed E-state index contributed by atoms with van der Waals surface area (Å²) in [5.41, 5.74) is 1.12. The first kappa shape index (κ1) is 14.6. The highest BCUT2D eigenvalue weighted by Crippen LogP contribution is 2.16. The van der Waals surface area contributed by atoms with Gasteiger partial charge in [0, 0.05) is 12.1 Å². The highest BCUT2D eigenvalue weighted by Gasteiger charge is 2.18. The van der Waals surface area contributed by atoms with Crippen LogP contribution in [0.4, 0.5) is 5.69 Å². The number of hydrogen-bond acceptors (Lipinski definition) is 5. The smallest absolute Gasteiger partial charge is 0.358 e. The topological polar surface area (TPSA) is 111 Å². The van der Waals surface area contributed by atoms with Crippen molar-refractivity contribution in [2.24, 2.45) is 0 Å². The van der Waals surface area contributed by atoms with E-state index in [0.717, 1.165) is 6.42 Å². The third-order valence-corrected chi connectivity index (χ3v) is 2.98. The van der Waals surface area contributed by atoms with Crippen molar-refractivity contribution < 1.29 is 14.8 Å². The third-order valence-electron chi connectivity index (χ3n) is 2.98. The number of aromatic nitrogens is 3. The Hall–Kier alpha value is -2.77. The zero-order valence-corrected chi connectivity index (χ0v) is 11.4. The van der Waals surface area contributed by atoms with Crippen molar-refractivity contribution in [2.75, 3.05) is 0 Å². The van der Waals surface area contributed by atoms with E-state index in [9.17, 15) is 14.9 Å². The molecule has 1 N–H and O–H groups in total. The molecule has 0 spiro atoms. The molecule has 1 aromatic heterocycles. The first-order valence-corrected chi connectivity index (χ1v) is 6.42. The van der Waals surface area contributed by atoms with Gasteiger partial charge < -0.3 is 5.11 Å². The fourth-order valence-electron chi connectivity index (χ4n) is 2.05. The zero-order chi connectivity index (χ0) is 15.4. The van der Waals surface area contributed by atoms with E-state index in [-0.39, 0.29) is 17.9 Å². The van der Waals surface area contributed by atoms with Crippen LogP contribution in [0, 0.1) is 10.1 Å². The maximum atomic E-state index is 11.1. The summed E-state index contributed by atoms with van der Waals surface area (Å²) in [6, 6.07) is 6.16. The lowest BCUT2D eigenvalue weighted by Crippen LogP contribution is -2.09. The second-order valence-corrected chi connectivity index (χ2v) is 4.52. The number of hydrogen-bond donors (Lipinski definition) is 1. The highest BCUT2D eigenvalue weighted by atomic mass is 16.6. The van der Waals surface area contributed by atoms with Crippen molar-refractivity contribution in [3.05, 3.63) is 51.3 Å². The summed E-state index contributed by atoms with van der Waals surface area (Å²) in [6.07, 6.45) is 1.28. The average Bonchev–Trinajstić information content (AvgIpc) is 2.83. The Morgan fingerprint density at radius 3 is 2.86 bits per heavy atom. The van der Waals surface area contributed by atoms with Crippen LogP contribution in [0.2, 0.25) is 0 Å². The first-order valence-electron chi connectivity index (χ1n) is 6.42. The van der Waals surface area contributed by atoms with Crippen LogP contribution in [0.25, 0.3) is 0 Å². The van der Waals surface area contributed by atoms with Crippen LogP contribution >= 0.6 is 0 Å². The van der Waals surface area contributed by atoms with Crippen LogP contribution in [-0.4, -0.2) is 31.0 Å². The summed E-state index contributed by atoms with van der Waals surface area (Å²) < 4.78 is 1.48. The van der Waals surface area contributed by atoms with Gasteiger partial charge in [-0.05, 0) is 12.0 Å². The number of carbonyl (C=O) groups is 1. The van der Waals surface area contributed by atoms with Crippen LogP contribution in [0.1, 0.15) is 35.1 Å². The van der Waals surface area contributed by atoms with Gasteiger partial charge in [0.2, 0.25) is 0 Å². The van der Waals surface area contributed by atoms with Crippen LogP contribution in [0.15, 0.2) is 24.3 Å². The van der Waals surface area contributed by atoms with E-state index in [1.54, 1.807) is 12.1 Å². The molecule has 0 atom stereocenters. The van der Waals surface area contributed by atoms with Gasteiger partial charge in [0.1, 0.15) is 0 Å². The number of carboxylic acid groups (broad SMARTS) is 1. The van der Waals surface area contributed by atoms with Gasteiger partial charge in [0.15, 0.2) is 5.69 Å². The monoisotopic (exact) mass is 290 g/mol. The summed E-state index contributed by atoms with van der Waals surface area (Å²) in [5.74, 6) is -1.12. The number of rotatable bonds is 6. The minimum Gasteiger partial charge on any atom is -0.476 e. The predicted octanol–water partition coefficient (Wildman–Crippen LogP) is 1.89. The Bertz CT molecular complexity index is 681. The molecule has 2 rings (SSSR count). The zero-order valence-electron chi connectivity index (χ0n) is 11.4. The third kappa shape index (κ3) is 3.22. The molecule has 1 heterocycles. The van der Waals surface area contributed by atoms with E-state index < -0.39 is 10.9 Å². The molecule has 0 bridgehead atoms. The maximum absolute atomic E-state index is 11.1. The molecule has 0 saturated carbocycles. The summed E-state index contributed by atoms with van der Waals surface area (Å²) in [6.45, 7) is 2.17. The first-order chi connectivity index (χ1) is 10.0. The van der Waals surface area contributed by atoms with Crippen molar-refractivity contribution in [3.63, 3.8) is 0 Å². The summed E-state index contributed by atoms with van der Waals surface area (Å²) in [5, 5.41) is 27.4. The SMILES string of the molecule is CCCc1c(C(=O)O)nnn1Cc1cccc([N+](=O)[O-])c1. The standard InChI is InChI=1S/C13H14N4O4/c1-2-4-11-12(13(18)19)14-15-16(11)8-9-5-3-6-10(7-9)17(20)21/h3,5-7H,2,4,8H2,1H3,(H,18,19). The van der Waals surface area contributed by atoms with E-state index in [4.69, 9.17) is 5.11 Å². The molecule has 21 heavy (non-hydrogen) atoms. The second-order valence-electron chi connectivity index (χ2n) is 4.52. The van der Waals surface area contributed by atoms with E-state index in [2.05, 4.69) is 10.3 Å². The molecule has 0 radical (unpaired) electrons. The van der Waals surface area contributed by atoms with Crippen molar-refractivity contribution in [3.8, 4) is 0 Å². The molecule has 0 saturated heterocycles. The predicted molar refractivity (Wildman–Crippen MR) is 73.2 cm³/mol. The van der Waals surface area contributed by atoms with Gasteiger partial charge in [-0.25, -0.2) is 9.48 Å². The molecule has 0 fully saturated rings. The summed E-state index contributed by atoms with van der Waals surface area (Å²) in [7, 11) is 0. The van der Waals surface area contributed by atoms with Gasteiger partial charge >= 0.3 is 5.97 Å². The average molecular weight is 290 g/mol. The van der Waals surface area contributed by atoms with E-state index >= 15 is 0 Å². The fraction of sp³-hybridized carbons (Fsp3) is 0.308. The van der Waals surface area contributed by atoms with Crippen LogP contribution in [-0.2, 0) is 13.0 Å². The number of nitro benzene ring substituents is 1. The lowest BCUT2D eigenvalue weighted by atomic mass is 10.1. The van der Waals surface area contributed by atoms with Gasteiger partial charge in [-0.15, -0.1) is 5.10 Å². The minimum atomic E-state index is -1.12. The fourth-order valence-corrected chi connectivity index (χ4v) is 2.05. The van der Waals surface area contributed by atoms with Crippen molar-refractivity contribution >= 4 is 11.7 Å². The van der Waals surface area contributed by atoms with E-state index in [1.165, 1.54) is 16.8 Å². The quantitative estimate of drug-likeness (QED) is 0.642. The molecule has 8 nitrogen and oxygen atoms in total. The van der Waals surface area contributed by atoms with Gasteiger partial charge in [0.25, 0.3) is 5.69 Å².